The summed E-state index contributed by atoms with van der Waals surface area (Å²) in [4.78, 5) is 18.7. The van der Waals surface area contributed by atoms with Gasteiger partial charge in [-0.3, -0.25) is 14.4 Å². The summed E-state index contributed by atoms with van der Waals surface area (Å²) in [5.41, 5.74) is 2.78. The molecule has 0 aliphatic carbocycles. The number of rotatable bonds is 5. The smallest absolute Gasteiger partial charge is 0.236 e. The fourth-order valence-electron chi connectivity index (χ4n) is 3.16. The second kappa shape index (κ2) is 8.02. The number of anilines is 1. The molecule has 0 spiro atoms. The van der Waals surface area contributed by atoms with Gasteiger partial charge in [-0.2, -0.15) is 10.4 Å². The lowest BCUT2D eigenvalue weighted by Gasteiger charge is -2.36. The SMILES string of the molecule is CN(Cc1cnn(C)c1)C(=O)CN1CCN(c2cccc(C#N)c2)CC1. The standard InChI is InChI=1S/C19H24N6O/c1-22(13-17-12-21-23(2)14-17)19(26)15-24-6-8-25(9-7-24)18-5-3-4-16(10-18)11-20/h3-5,10,12,14H,6-9,13,15H2,1-2H3. The van der Waals surface area contributed by atoms with Gasteiger partial charge in [0, 0.05) is 64.3 Å². The average molecular weight is 352 g/mol. The van der Waals surface area contributed by atoms with Gasteiger partial charge in [0.2, 0.25) is 5.91 Å². The van der Waals surface area contributed by atoms with Crippen molar-refractivity contribution in [1.82, 2.24) is 19.6 Å². The zero-order chi connectivity index (χ0) is 18.5. The van der Waals surface area contributed by atoms with Crippen LogP contribution in [0.1, 0.15) is 11.1 Å². The molecule has 0 radical (unpaired) electrons. The van der Waals surface area contributed by atoms with Crippen LogP contribution in [0.5, 0.6) is 0 Å². The molecular weight excluding hydrogens is 328 g/mol. The zero-order valence-electron chi connectivity index (χ0n) is 15.3. The molecule has 0 bridgehead atoms. The Morgan fingerprint density at radius 2 is 2.08 bits per heavy atom. The highest BCUT2D eigenvalue weighted by Crippen LogP contribution is 2.18. The van der Waals surface area contributed by atoms with Crippen molar-refractivity contribution in [3.63, 3.8) is 0 Å². The van der Waals surface area contributed by atoms with E-state index < -0.39 is 0 Å². The van der Waals surface area contributed by atoms with Crippen molar-refractivity contribution >= 4 is 11.6 Å². The molecule has 7 nitrogen and oxygen atoms in total. The third kappa shape index (κ3) is 4.41. The van der Waals surface area contributed by atoms with Crippen LogP contribution in [0.3, 0.4) is 0 Å². The van der Waals surface area contributed by atoms with Crippen LogP contribution in [-0.4, -0.2) is 65.3 Å². The first-order valence-electron chi connectivity index (χ1n) is 8.74. The average Bonchev–Trinajstić information content (AvgIpc) is 3.07. The number of hydrogen-bond donors (Lipinski definition) is 0. The first kappa shape index (κ1) is 18.0. The van der Waals surface area contributed by atoms with E-state index in [2.05, 4.69) is 21.0 Å². The van der Waals surface area contributed by atoms with E-state index in [1.54, 1.807) is 15.8 Å². The van der Waals surface area contributed by atoms with Crippen LogP contribution in [0, 0.1) is 11.3 Å². The topological polar surface area (TPSA) is 68.4 Å². The van der Waals surface area contributed by atoms with Crippen LogP contribution in [0.4, 0.5) is 5.69 Å². The van der Waals surface area contributed by atoms with Crippen LogP contribution in [0.15, 0.2) is 36.7 Å². The number of carbonyl (C=O) groups excluding carboxylic acids is 1. The number of aromatic nitrogens is 2. The lowest BCUT2D eigenvalue weighted by molar-refractivity contribution is -0.131. The van der Waals surface area contributed by atoms with E-state index in [1.807, 2.05) is 44.6 Å². The van der Waals surface area contributed by atoms with Gasteiger partial charge in [-0.1, -0.05) is 6.07 Å². The number of amides is 1. The number of likely N-dealkylation sites (N-methyl/N-ethyl adjacent to an activating group) is 1. The number of carbonyl (C=O) groups is 1. The fourth-order valence-corrected chi connectivity index (χ4v) is 3.16. The maximum Gasteiger partial charge on any atom is 0.236 e. The first-order valence-corrected chi connectivity index (χ1v) is 8.74. The van der Waals surface area contributed by atoms with E-state index in [0.717, 1.165) is 37.4 Å². The van der Waals surface area contributed by atoms with E-state index in [1.165, 1.54) is 0 Å². The largest absolute Gasteiger partial charge is 0.369 e. The molecule has 1 aromatic carbocycles. The Balaban J connectivity index is 1.48. The van der Waals surface area contributed by atoms with Gasteiger partial charge in [0.25, 0.3) is 0 Å². The number of nitriles is 1. The minimum Gasteiger partial charge on any atom is -0.369 e. The lowest BCUT2D eigenvalue weighted by Crippen LogP contribution is -2.49. The molecule has 1 aliphatic heterocycles. The monoisotopic (exact) mass is 352 g/mol. The molecule has 1 aromatic heterocycles. The number of benzene rings is 1. The summed E-state index contributed by atoms with van der Waals surface area (Å²) < 4.78 is 1.74. The normalized spacial score (nSPS) is 14.9. The Hall–Kier alpha value is -2.85. The van der Waals surface area contributed by atoms with Crippen LogP contribution in [0.2, 0.25) is 0 Å². The van der Waals surface area contributed by atoms with Crippen LogP contribution < -0.4 is 4.90 Å². The van der Waals surface area contributed by atoms with Crippen molar-refractivity contribution in [2.24, 2.45) is 7.05 Å². The van der Waals surface area contributed by atoms with E-state index in [-0.39, 0.29) is 5.91 Å². The molecule has 0 N–H and O–H groups in total. The van der Waals surface area contributed by atoms with Gasteiger partial charge in [0.15, 0.2) is 0 Å². The van der Waals surface area contributed by atoms with Gasteiger partial charge in [-0.05, 0) is 18.2 Å². The Morgan fingerprint density at radius 1 is 1.31 bits per heavy atom. The van der Waals surface area contributed by atoms with E-state index in [9.17, 15) is 4.79 Å². The molecule has 1 saturated heterocycles. The predicted molar refractivity (Wildman–Crippen MR) is 99.5 cm³/mol. The summed E-state index contributed by atoms with van der Waals surface area (Å²) in [7, 11) is 3.70. The fraction of sp³-hybridized carbons (Fsp3) is 0.421. The minimum absolute atomic E-state index is 0.119. The van der Waals surface area contributed by atoms with Crippen molar-refractivity contribution in [2.45, 2.75) is 6.54 Å². The Bertz CT molecular complexity index is 800. The minimum atomic E-state index is 0.119. The van der Waals surface area contributed by atoms with Gasteiger partial charge in [-0.25, -0.2) is 0 Å². The molecule has 2 heterocycles. The molecule has 1 amide bonds. The van der Waals surface area contributed by atoms with Crippen molar-refractivity contribution in [2.75, 3.05) is 44.7 Å². The summed E-state index contributed by atoms with van der Waals surface area (Å²) in [5.74, 6) is 0.119. The van der Waals surface area contributed by atoms with E-state index in [0.29, 0.717) is 18.7 Å². The molecule has 0 atom stereocenters. The molecule has 0 saturated carbocycles. The van der Waals surface area contributed by atoms with Gasteiger partial charge in [0.1, 0.15) is 0 Å². The maximum atomic E-state index is 12.5. The number of hydrogen-bond acceptors (Lipinski definition) is 5. The van der Waals surface area contributed by atoms with E-state index >= 15 is 0 Å². The highest BCUT2D eigenvalue weighted by atomic mass is 16.2. The second-order valence-corrected chi connectivity index (χ2v) is 6.70. The van der Waals surface area contributed by atoms with Crippen LogP contribution in [0.25, 0.3) is 0 Å². The van der Waals surface area contributed by atoms with Crippen molar-refractivity contribution in [1.29, 1.82) is 5.26 Å². The van der Waals surface area contributed by atoms with Crippen molar-refractivity contribution in [3.8, 4) is 6.07 Å². The van der Waals surface area contributed by atoms with E-state index in [4.69, 9.17) is 5.26 Å². The molecule has 2 aromatic rings. The Labute approximate surface area is 154 Å². The summed E-state index contributed by atoms with van der Waals surface area (Å²) in [6.07, 6.45) is 3.72. The zero-order valence-corrected chi connectivity index (χ0v) is 15.3. The maximum absolute atomic E-state index is 12.5. The quantitative estimate of drug-likeness (QED) is 0.805. The summed E-state index contributed by atoms with van der Waals surface area (Å²) in [5, 5.41) is 13.2. The number of aryl methyl sites for hydroxylation is 1. The van der Waals surface area contributed by atoms with Gasteiger partial charge in [0.05, 0.1) is 24.4 Å². The molecular formula is C19H24N6O. The van der Waals surface area contributed by atoms with Gasteiger partial charge in [-0.15, -0.1) is 0 Å². The molecule has 26 heavy (non-hydrogen) atoms. The highest BCUT2D eigenvalue weighted by molar-refractivity contribution is 5.78. The molecule has 0 unspecified atom stereocenters. The van der Waals surface area contributed by atoms with Crippen molar-refractivity contribution < 1.29 is 4.79 Å². The lowest BCUT2D eigenvalue weighted by atomic mass is 10.2. The third-order valence-electron chi connectivity index (χ3n) is 4.68. The summed E-state index contributed by atoms with van der Waals surface area (Å²) in [6, 6.07) is 9.86. The Morgan fingerprint density at radius 3 is 2.73 bits per heavy atom. The molecule has 7 heteroatoms. The van der Waals surface area contributed by atoms with Crippen LogP contribution in [-0.2, 0) is 18.4 Å². The number of piperazine rings is 1. The van der Waals surface area contributed by atoms with Crippen LogP contribution >= 0.6 is 0 Å². The summed E-state index contributed by atoms with van der Waals surface area (Å²) in [6.45, 7) is 4.39. The third-order valence-corrected chi connectivity index (χ3v) is 4.68. The Kier molecular flexibility index (Phi) is 5.54. The predicted octanol–water partition coefficient (Wildman–Crippen LogP) is 1.07. The number of nitrogens with zero attached hydrogens (tertiary/aromatic N) is 6. The van der Waals surface area contributed by atoms with Crippen molar-refractivity contribution in [3.05, 3.63) is 47.8 Å². The second-order valence-electron chi connectivity index (χ2n) is 6.70. The summed E-state index contributed by atoms with van der Waals surface area (Å²) >= 11 is 0. The van der Waals surface area contributed by atoms with Gasteiger partial charge < -0.3 is 9.80 Å². The van der Waals surface area contributed by atoms with Gasteiger partial charge >= 0.3 is 0 Å². The molecule has 1 aliphatic rings. The first-order chi connectivity index (χ1) is 12.5. The highest BCUT2D eigenvalue weighted by Gasteiger charge is 2.21. The molecule has 1 fully saturated rings. The molecule has 136 valence electrons. The molecule has 3 rings (SSSR count).